The lowest BCUT2D eigenvalue weighted by atomic mass is 10.1. The highest BCUT2D eigenvalue weighted by molar-refractivity contribution is 7.10. The second-order valence-corrected chi connectivity index (χ2v) is 7.13. The lowest BCUT2D eigenvalue weighted by Gasteiger charge is -2.24. The molecule has 1 unspecified atom stereocenters. The molecule has 0 bridgehead atoms. The van der Waals surface area contributed by atoms with Gasteiger partial charge in [-0.2, -0.15) is 0 Å². The van der Waals surface area contributed by atoms with Gasteiger partial charge in [0.05, 0.1) is 13.1 Å². The minimum absolute atomic E-state index is 0.113. The van der Waals surface area contributed by atoms with Crippen LogP contribution in [0.25, 0.3) is 10.4 Å². The SMILES string of the molecule is [CH2]CCCC(N=[N+]=[N-])C(=O)N(Cc1cccs1)Cc1cccs1. The number of hydrogen-bond donors (Lipinski definition) is 0. The van der Waals surface area contributed by atoms with Crippen molar-refractivity contribution in [3.63, 3.8) is 0 Å². The highest BCUT2D eigenvalue weighted by Gasteiger charge is 2.24. The van der Waals surface area contributed by atoms with Crippen LogP contribution >= 0.6 is 22.7 Å². The fraction of sp³-hybridized carbons (Fsp3) is 0.375. The molecule has 0 saturated heterocycles. The number of azide groups is 1. The van der Waals surface area contributed by atoms with E-state index in [0.717, 1.165) is 22.6 Å². The molecule has 121 valence electrons. The Labute approximate surface area is 144 Å². The summed E-state index contributed by atoms with van der Waals surface area (Å²) in [6.07, 6.45) is 2.03. The van der Waals surface area contributed by atoms with Gasteiger partial charge in [-0.3, -0.25) is 4.79 Å². The number of amides is 1. The Kier molecular flexibility index (Phi) is 7.13. The van der Waals surface area contributed by atoms with Crippen molar-refractivity contribution in [3.05, 3.63) is 62.1 Å². The molecule has 0 N–H and O–H groups in total. The monoisotopic (exact) mass is 347 g/mol. The first-order valence-electron chi connectivity index (χ1n) is 7.41. The normalized spacial score (nSPS) is 11.7. The number of thiophene rings is 2. The third kappa shape index (κ3) is 5.39. The summed E-state index contributed by atoms with van der Waals surface area (Å²) in [7, 11) is 0. The molecule has 0 aliphatic carbocycles. The Morgan fingerprint density at radius 1 is 1.26 bits per heavy atom. The topological polar surface area (TPSA) is 69.1 Å². The summed E-state index contributed by atoms with van der Waals surface area (Å²) >= 11 is 3.24. The van der Waals surface area contributed by atoms with Crippen LogP contribution in [0.5, 0.6) is 0 Å². The highest BCUT2D eigenvalue weighted by atomic mass is 32.1. The average molecular weight is 347 g/mol. The number of carbonyl (C=O) groups excluding carboxylic acids is 1. The summed E-state index contributed by atoms with van der Waals surface area (Å²) in [5.41, 5.74) is 8.76. The molecular formula is C16H19N4OS2. The van der Waals surface area contributed by atoms with Crippen LogP contribution in [-0.2, 0) is 17.9 Å². The van der Waals surface area contributed by atoms with Crippen molar-refractivity contribution in [1.29, 1.82) is 0 Å². The summed E-state index contributed by atoms with van der Waals surface area (Å²) < 4.78 is 0. The molecule has 0 aliphatic rings. The van der Waals surface area contributed by atoms with Gasteiger partial charge >= 0.3 is 0 Å². The first-order valence-corrected chi connectivity index (χ1v) is 9.17. The van der Waals surface area contributed by atoms with Crippen molar-refractivity contribution in [3.8, 4) is 0 Å². The van der Waals surface area contributed by atoms with E-state index in [2.05, 4.69) is 16.9 Å². The molecule has 0 saturated carbocycles. The Bertz CT molecular complexity index is 597. The first-order chi connectivity index (χ1) is 11.2. The highest BCUT2D eigenvalue weighted by Crippen LogP contribution is 2.20. The van der Waals surface area contributed by atoms with Crippen molar-refractivity contribution in [1.82, 2.24) is 4.90 Å². The molecule has 2 aromatic heterocycles. The van der Waals surface area contributed by atoms with Crippen molar-refractivity contribution < 1.29 is 4.79 Å². The lowest BCUT2D eigenvalue weighted by molar-refractivity contribution is -0.133. The number of rotatable bonds is 9. The van der Waals surface area contributed by atoms with E-state index in [9.17, 15) is 4.79 Å². The van der Waals surface area contributed by atoms with Crippen LogP contribution in [0.3, 0.4) is 0 Å². The van der Waals surface area contributed by atoms with Gasteiger partial charge in [0.2, 0.25) is 5.91 Å². The zero-order valence-electron chi connectivity index (χ0n) is 12.8. The van der Waals surface area contributed by atoms with E-state index in [-0.39, 0.29) is 5.91 Å². The Balaban J connectivity index is 2.15. The second-order valence-electron chi connectivity index (χ2n) is 5.07. The van der Waals surface area contributed by atoms with Crippen LogP contribution in [-0.4, -0.2) is 16.8 Å². The predicted molar refractivity (Wildman–Crippen MR) is 95.0 cm³/mol. The van der Waals surface area contributed by atoms with Crippen molar-refractivity contribution in [2.45, 2.75) is 38.4 Å². The standard InChI is InChI=1S/C16H19N4OS2/c1-2-3-8-15(18-19-17)16(21)20(11-13-6-4-9-22-13)12-14-7-5-10-23-14/h4-7,9-10,15H,1-3,8,11-12H2. The molecule has 2 heterocycles. The van der Waals surface area contributed by atoms with Crippen molar-refractivity contribution >= 4 is 28.6 Å². The third-order valence-electron chi connectivity index (χ3n) is 3.37. The predicted octanol–water partition coefficient (Wildman–Crippen LogP) is 5.02. The average Bonchev–Trinajstić information content (AvgIpc) is 3.24. The maximum absolute atomic E-state index is 12.8. The van der Waals surface area contributed by atoms with Gasteiger partial charge < -0.3 is 4.90 Å². The Morgan fingerprint density at radius 3 is 2.30 bits per heavy atom. The fourth-order valence-corrected chi connectivity index (χ4v) is 3.67. The zero-order chi connectivity index (χ0) is 16.5. The summed E-state index contributed by atoms with van der Waals surface area (Å²) in [6.45, 7) is 4.86. The zero-order valence-corrected chi connectivity index (χ0v) is 14.4. The molecule has 0 fully saturated rings. The Morgan fingerprint density at radius 2 is 1.87 bits per heavy atom. The van der Waals surface area contributed by atoms with E-state index in [1.54, 1.807) is 27.6 Å². The molecule has 0 aromatic carbocycles. The van der Waals surface area contributed by atoms with Crippen LogP contribution in [0.4, 0.5) is 0 Å². The molecule has 1 radical (unpaired) electrons. The molecule has 7 heteroatoms. The minimum atomic E-state index is -0.651. The van der Waals surface area contributed by atoms with Crippen molar-refractivity contribution in [2.24, 2.45) is 5.11 Å². The van der Waals surface area contributed by atoms with E-state index >= 15 is 0 Å². The molecule has 0 aliphatic heterocycles. The maximum atomic E-state index is 12.8. The van der Waals surface area contributed by atoms with Gasteiger partial charge in [0.25, 0.3) is 0 Å². The summed E-state index contributed by atoms with van der Waals surface area (Å²) in [4.78, 5) is 19.7. The molecule has 0 spiro atoms. The number of carbonyl (C=O) groups is 1. The number of hydrogen-bond acceptors (Lipinski definition) is 4. The summed E-state index contributed by atoms with van der Waals surface area (Å²) in [6, 6.07) is 7.32. The molecule has 2 aromatic rings. The van der Waals surface area contributed by atoms with Gasteiger partial charge in [-0.25, -0.2) is 0 Å². The van der Waals surface area contributed by atoms with Gasteiger partial charge in [-0.1, -0.05) is 37.0 Å². The van der Waals surface area contributed by atoms with Gasteiger partial charge in [-0.05, 0) is 34.8 Å². The quantitative estimate of drug-likeness (QED) is 0.356. The summed E-state index contributed by atoms with van der Waals surface area (Å²) in [5.74, 6) is -0.113. The fourth-order valence-electron chi connectivity index (χ4n) is 2.23. The van der Waals surface area contributed by atoms with E-state index in [4.69, 9.17) is 5.53 Å². The first kappa shape index (κ1) is 17.5. The largest absolute Gasteiger partial charge is 0.332 e. The van der Waals surface area contributed by atoms with Gasteiger partial charge in [-0.15, -0.1) is 22.7 Å². The smallest absolute Gasteiger partial charge is 0.232 e. The van der Waals surface area contributed by atoms with Crippen LogP contribution in [0, 0.1) is 6.92 Å². The lowest BCUT2D eigenvalue weighted by Crippen LogP contribution is -2.37. The van der Waals surface area contributed by atoms with Crippen molar-refractivity contribution in [2.75, 3.05) is 0 Å². The molecular weight excluding hydrogens is 328 g/mol. The van der Waals surface area contributed by atoms with Crippen LogP contribution in [0.15, 0.2) is 40.1 Å². The minimum Gasteiger partial charge on any atom is -0.332 e. The van der Waals surface area contributed by atoms with Gasteiger partial charge in [0.15, 0.2) is 0 Å². The van der Waals surface area contributed by atoms with E-state index in [0.29, 0.717) is 19.5 Å². The molecule has 5 nitrogen and oxygen atoms in total. The van der Waals surface area contributed by atoms with E-state index in [1.807, 2.05) is 35.0 Å². The van der Waals surface area contributed by atoms with E-state index < -0.39 is 6.04 Å². The van der Waals surface area contributed by atoms with Crippen LogP contribution in [0.2, 0.25) is 0 Å². The Hall–Kier alpha value is -1.82. The van der Waals surface area contributed by atoms with Crippen LogP contribution < -0.4 is 0 Å². The molecule has 23 heavy (non-hydrogen) atoms. The van der Waals surface area contributed by atoms with E-state index in [1.165, 1.54) is 0 Å². The van der Waals surface area contributed by atoms with Gasteiger partial charge in [0.1, 0.15) is 6.04 Å². The van der Waals surface area contributed by atoms with Gasteiger partial charge in [0, 0.05) is 14.7 Å². The van der Waals surface area contributed by atoms with Crippen LogP contribution in [0.1, 0.15) is 29.0 Å². The molecule has 1 atom stereocenters. The molecule has 2 rings (SSSR count). The second kappa shape index (κ2) is 9.35. The number of nitrogens with zero attached hydrogens (tertiary/aromatic N) is 4. The summed E-state index contributed by atoms with van der Waals surface area (Å²) in [5, 5.41) is 7.70. The third-order valence-corrected chi connectivity index (χ3v) is 5.09. The molecule has 1 amide bonds. The number of unbranched alkanes of at least 4 members (excludes halogenated alkanes) is 1. The maximum Gasteiger partial charge on any atom is 0.232 e.